The number of ether oxygens (including phenoxy) is 1. The lowest BCUT2D eigenvalue weighted by molar-refractivity contribution is -0.145. The summed E-state index contributed by atoms with van der Waals surface area (Å²) in [4.78, 5) is 38.3. The lowest BCUT2D eigenvalue weighted by Gasteiger charge is -2.32. The number of esters is 1. The Morgan fingerprint density at radius 2 is 1.75 bits per heavy atom. The number of likely N-dealkylation sites (tertiary alicyclic amines) is 2. The van der Waals surface area contributed by atoms with E-state index in [1.165, 1.54) is 12.0 Å². The van der Waals surface area contributed by atoms with Crippen molar-refractivity contribution in [2.24, 2.45) is 17.6 Å². The van der Waals surface area contributed by atoms with Crippen molar-refractivity contribution in [1.82, 2.24) is 9.80 Å². The zero-order chi connectivity index (χ0) is 14.7. The highest BCUT2D eigenvalue weighted by molar-refractivity contribution is 5.82. The molecule has 0 aliphatic carbocycles. The van der Waals surface area contributed by atoms with E-state index in [1.54, 1.807) is 4.90 Å². The van der Waals surface area contributed by atoms with Gasteiger partial charge in [0.05, 0.1) is 18.9 Å². The largest absolute Gasteiger partial charge is 0.469 e. The molecule has 3 amide bonds. The molecule has 2 saturated heterocycles. The van der Waals surface area contributed by atoms with Crippen LogP contribution < -0.4 is 5.73 Å². The van der Waals surface area contributed by atoms with Crippen LogP contribution in [0.15, 0.2) is 0 Å². The fourth-order valence-corrected chi connectivity index (χ4v) is 2.96. The normalized spacial score (nSPS) is 26.4. The van der Waals surface area contributed by atoms with Gasteiger partial charge in [0.15, 0.2) is 0 Å². The minimum absolute atomic E-state index is 0.0161. The molecule has 0 aromatic heterocycles. The van der Waals surface area contributed by atoms with Gasteiger partial charge >= 0.3 is 12.0 Å². The summed E-state index contributed by atoms with van der Waals surface area (Å²) in [7, 11) is 1.36. The number of nitrogens with two attached hydrogens (primary N) is 1. The van der Waals surface area contributed by atoms with Crippen molar-refractivity contribution >= 4 is 17.9 Å². The van der Waals surface area contributed by atoms with E-state index in [0.717, 1.165) is 12.8 Å². The zero-order valence-electron chi connectivity index (χ0n) is 11.7. The van der Waals surface area contributed by atoms with E-state index in [1.807, 2.05) is 0 Å². The number of carbonyl (C=O) groups excluding carboxylic acids is 3. The predicted molar refractivity (Wildman–Crippen MR) is 70.6 cm³/mol. The van der Waals surface area contributed by atoms with Gasteiger partial charge in [-0.3, -0.25) is 9.59 Å². The van der Waals surface area contributed by atoms with Crippen LogP contribution in [0.5, 0.6) is 0 Å². The first kappa shape index (κ1) is 14.6. The maximum Gasteiger partial charge on any atom is 0.314 e. The van der Waals surface area contributed by atoms with Gasteiger partial charge in [-0.05, 0) is 19.3 Å². The Balaban J connectivity index is 1.91. The molecule has 0 bridgehead atoms. The van der Waals surface area contributed by atoms with E-state index in [0.29, 0.717) is 32.6 Å². The lowest BCUT2D eigenvalue weighted by Crippen LogP contribution is -2.48. The van der Waals surface area contributed by atoms with Gasteiger partial charge in [-0.25, -0.2) is 4.79 Å². The van der Waals surface area contributed by atoms with Crippen LogP contribution in [-0.2, 0) is 14.3 Å². The number of urea groups is 1. The molecule has 2 N–H and O–H groups in total. The molecule has 2 atom stereocenters. The molecule has 0 aromatic carbocycles. The number of hydrogen-bond donors (Lipinski definition) is 1. The number of hydrogen-bond acceptors (Lipinski definition) is 4. The summed E-state index contributed by atoms with van der Waals surface area (Å²) in [6.07, 6.45) is 2.19. The number of rotatable bonds is 2. The van der Waals surface area contributed by atoms with E-state index < -0.39 is 6.03 Å². The quantitative estimate of drug-likeness (QED) is 0.710. The summed E-state index contributed by atoms with van der Waals surface area (Å²) in [5, 5.41) is 0. The van der Waals surface area contributed by atoms with Crippen molar-refractivity contribution in [3.8, 4) is 0 Å². The second-order valence-corrected chi connectivity index (χ2v) is 5.42. The summed E-state index contributed by atoms with van der Waals surface area (Å²) in [6.45, 7) is 1.99. The van der Waals surface area contributed by atoms with Crippen molar-refractivity contribution in [3.63, 3.8) is 0 Å². The molecule has 112 valence electrons. The molecule has 20 heavy (non-hydrogen) atoms. The van der Waals surface area contributed by atoms with Gasteiger partial charge in [-0.1, -0.05) is 0 Å². The molecule has 0 spiro atoms. The number of nitrogens with zero attached hydrogens (tertiary/aromatic N) is 2. The first-order valence-corrected chi connectivity index (χ1v) is 6.94. The van der Waals surface area contributed by atoms with Crippen LogP contribution in [0.25, 0.3) is 0 Å². The molecule has 7 heteroatoms. The number of piperidine rings is 1. The van der Waals surface area contributed by atoms with Crippen LogP contribution in [0, 0.1) is 11.8 Å². The average molecular weight is 283 g/mol. The second kappa shape index (κ2) is 6.11. The summed E-state index contributed by atoms with van der Waals surface area (Å²) >= 11 is 0. The molecule has 2 rings (SSSR count). The van der Waals surface area contributed by atoms with Crippen molar-refractivity contribution in [2.45, 2.75) is 19.3 Å². The van der Waals surface area contributed by atoms with Crippen molar-refractivity contribution in [1.29, 1.82) is 0 Å². The molecule has 2 aliphatic heterocycles. The van der Waals surface area contributed by atoms with Gasteiger partial charge in [-0.15, -0.1) is 0 Å². The number of primary amides is 1. The van der Waals surface area contributed by atoms with E-state index in [2.05, 4.69) is 0 Å². The monoisotopic (exact) mass is 283 g/mol. The number of methoxy groups -OCH3 is 1. The van der Waals surface area contributed by atoms with Crippen molar-refractivity contribution in [2.75, 3.05) is 33.3 Å². The second-order valence-electron chi connectivity index (χ2n) is 5.42. The molecule has 2 heterocycles. The fourth-order valence-electron chi connectivity index (χ4n) is 2.96. The van der Waals surface area contributed by atoms with Crippen LogP contribution >= 0.6 is 0 Å². The smallest absolute Gasteiger partial charge is 0.314 e. The maximum atomic E-state index is 12.4. The lowest BCUT2D eigenvalue weighted by atomic mass is 9.97. The minimum atomic E-state index is -0.476. The first-order chi connectivity index (χ1) is 9.52. The Hall–Kier alpha value is -1.79. The fraction of sp³-hybridized carbons (Fsp3) is 0.769. The van der Waals surface area contributed by atoms with E-state index in [4.69, 9.17) is 10.5 Å². The Labute approximate surface area is 118 Å². The van der Waals surface area contributed by atoms with Crippen LogP contribution in [0.1, 0.15) is 19.3 Å². The molecule has 0 aromatic rings. The Morgan fingerprint density at radius 3 is 2.40 bits per heavy atom. The molecular weight excluding hydrogens is 262 g/mol. The molecule has 2 aliphatic rings. The van der Waals surface area contributed by atoms with Gasteiger partial charge in [-0.2, -0.15) is 0 Å². The molecular formula is C13H21N3O4. The third kappa shape index (κ3) is 3.02. The van der Waals surface area contributed by atoms with Crippen LogP contribution in [0.4, 0.5) is 4.79 Å². The SMILES string of the molecule is COC(=O)C1CCN(C(=O)C2CCCN(C(N)=O)C2)C1. The summed E-state index contributed by atoms with van der Waals surface area (Å²) in [6, 6.07) is -0.476. The van der Waals surface area contributed by atoms with Crippen LogP contribution in [0.2, 0.25) is 0 Å². The van der Waals surface area contributed by atoms with Crippen LogP contribution in [-0.4, -0.2) is 61.0 Å². The molecule has 2 unspecified atom stereocenters. The number of carbonyl (C=O) groups is 3. The topological polar surface area (TPSA) is 92.9 Å². The van der Waals surface area contributed by atoms with Gasteiger partial charge in [0.2, 0.25) is 5.91 Å². The zero-order valence-corrected chi connectivity index (χ0v) is 11.7. The van der Waals surface area contributed by atoms with Crippen LogP contribution in [0.3, 0.4) is 0 Å². The van der Waals surface area contributed by atoms with Gasteiger partial charge in [0.1, 0.15) is 0 Å². The number of amides is 3. The molecule has 7 nitrogen and oxygen atoms in total. The van der Waals surface area contributed by atoms with Crippen molar-refractivity contribution < 1.29 is 19.1 Å². The Bertz CT molecular complexity index is 412. The molecule has 0 radical (unpaired) electrons. The molecule has 2 fully saturated rings. The summed E-state index contributed by atoms with van der Waals surface area (Å²) < 4.78 is 4.71. The highest BCUT2D eigenvalue weighted by Crippen LogP contribution is 2.24. The van der Waals surface area contributed by atoms with Gasteiger partial charge in [0.25, 0.3) is 0 Å². The Morgan fingerprint density at radius 1 is 1.05 bits per heavy atom. The molecule has 0 saturated carbocycles. The highest BCUT2D eigenvalue weighted by atomic mass is 16.5. The highest BCUT2D eigenvalue weighted by Gasteiger charge is 2.36. The summed E-state index contributed by atoms with van der Waals surface area (Å²) in [5.41, 5.74) is 5.26. The summed E-state index contributed by atoms with van der Waals surface area (Å²) in [5.74, 6) is -0.669. The van der Waals surface area contributed by atoms with E-state index in [9.17, 15) is 14.4 Å². The maximum absolute atomic E-state index is 12.4. The van der Waals surface area contributed by atoms with Gasteiger partial charge in [0, 0.05) is 26.2 Å². The standard InChI is InChI=1S/C13H21N3O4/c1-20-12(18)10-4-6-15(8-10)11(17)9-3-2-5-16(7-9)13(14)19/h9-10H,2-8H2,1H3,(H2,14,19). The third-order valence-corrected chi connectivity index (χ3v) is 4.12. The van der Waals surface area contributed by atoms with Crippen molar-refractivity contribution in [3.05, 3.63) is 0 Å². The third-order valence-electron chi connectivity index (χ3n) is 4.12. The van der Waals surface area contributed by atoms with E-state index in [-0.39, 0.29) is 23.7 Å². The Kier molecular flexibility index (Phi) is 4.46. The predicted octanol–water partition coefficient (Wildman–Crippen LogP) is -0.201. The average Bonchev–Trinajstić information content (AvgIpc) is 2.95. The minimum Gasteiger partial charge on any atom is -0.469 e. The van der Waals surface area contributed by atoms with E-state index >= 15 is 0 Å². The van der Waals surface area contributed by atoms with Gasteiger partial charge < -0.3 is 20.3 Å². The first-order valence-electron chi connectivity index (χ1n) is 6.94.